The maximum absolute atomic E-state index is 5.10. The van der Waals surface area contributed by atoms with Crippen LogP contribution in [0.1, 0.15) is 12.0 Å². The Hall–Kier alpha value is -0.890. The van der Waals surface area contributed by atoms with E-state index in [0.717, 1.165) is 24.4 Å². The Kier molecular flexibility index (Phi) is 2.60. The summed E-state index contributed by atoms with van der Waals surface area (Å²) < 4.78 is 0. The molecule has 0 amide bonds. The molecular weight excluding hydrogens is 178 g/mol. The van der Waals surface area contributed by atoms with Gasteiger partial charge in [0.05, 0.1) is 4.99 Å². The van der Waals surface area contributed by atoms with Crippen LogP contribution in [-0.4, -0.2) is 11.5 Å². The van der Waals surface area contributed by atoms with Crippen molar-refractivity contribution in [3.63, 3.8) is 0 Å². The monoisotopic (exact) mass is 191 g/mol. The second-order valence-electron chi connectivity index (χ2n) is 3.56. The van der Waals surface area contributed by atoms with E-state index in [1.807, 2.05) is 0 Å². The van der Waals surface area contributed by atoms with Gasteiger partial charge in [-0.15, -0.1) is 0 Å². The fourth-order valence-corrected chi connectivity index (χ4v) is 2.08. The van der Waals surface area contributed by atoms with Crippen molar-refractivity contribution < 1.29 is 0 Å². The molecule has 1 aromatic rings. The number of hydrogen-bond donors (Lipinski definition) is 1. The Morgan fingerprint density at radius 3 is 2.69 bits per heavy atom. The standard InChI is InChI=1S/C11H13NS/c13-11-7-10(8-12-11)6-9-4-2-1-3-5-9/h1-5,10H,6-8H2,(H,12,13)/t10-/m0/s1. The first-order chi connectivity index (χ1) is 6.34. The molecule has 1 saturated heterocycles. The molecule has 1 aromatic carbocycles. The first-order valence-electron chi connectivity index (χ1n) is 4.65. The summed E-state index contributed by atoms with van der Waals surface area (Å²) in [5.74, 6) is 0.704. The van der Waals surface area contributed by atoms with E-state index in [2.05, 4.69) is 35.6 Å². The fraction of sp³-hybridized carbons (Fsp3) is 0.364. The maximum Gasteiger partial charge on any atom is 0.0757 e. The zero-order valence-electron chi connectivity index (χ0n) is 7.49. The predicted molar refractivity (Wildman–Crippen MR) is 58.9 cm³/mol. The van der Waals surface area contributed by atoms with E-state index in [1.165, 1.54) is 5.56 Å². The largest absolute Gasteiger partial charge is 0.379 e. The van der Waals surface area contributed by atoms with Gasteiger partial charge in [-0.3, -0.25) is 0 Å². The molecule has 0 aromatic heterocycles. The Morgan fingerprint density at radius 1 is 1.31 bits per heavy atom. The van der Waals surface area contributed by atoms with Crippen LogP contribution in [0.15, 0.2) is 30.3 Å². The number of benzene rings is 1. The highest BCUT2D eigenvalue weighted by Gasteiger charge is 2.18. The van der Waals surface area contributed by atoms with Gasteiger partial charge in [0.25, 0.3) is 0 Å². The van der Waals surface area contributed by atoms with Gasteiger partial charge < -0.3 is 5.32 Å². The van der Waals surface area contributed by atoms with Crippen LogP contribution in [0, 0.1) is 5.92 Å². The molecule has 0 aliphatic carbocycles. The topological polar surface area (TPSA) is 12.0 Å². The zero-order chi connectivity index (χ0) is 9.10. The first kappa shape index (κ1) is 8.70. The highest BCUT2D eigenvalue weighted by atomic mass is 32.1. The summed E-state index contributed by atoms with van der Waals surface area (Å²) >= 11 is 5.10. The highest BCUT2D eigenvalue weighted by molar-refractivity contribution is 7.80. The van der Waals surface area contributed by atoms with Gasteiger partial charge in [0.15, 0.2) is 0 Å². The summed E-state index contributed by atoms with van der Waals surface area (Å²) in [6.45, 7) is 1.05. The third kappa shape index (κ3) is 2.28. The fourth-order valence-electron chi connectivity index (χ4n) is 1.76. The number of nitrogens with one attached hydrogen (secondary N) is 1. The molecule has 1 heterocycles. The van der Waals surface area contributed by atoms with Gasteiger partial charge in [-0.2, -0.15) is 0 Å². The normalized spacial score (nSPS) is 21.5. The smallest absolute Gasteiger partial charge is 0.0757 e. The lowest BCUT2D eigenvalue weighted by Gasteiger charge is -2.06. The van der Waals surface area contributed by atoms with Crippen LogP contribution in [-0.2, 0) is 6.42 Å². The van der Waals surface area contributed by atoms with Crippen LogP contribution >= 0.6 is 12.2 Å². The molecule has 2 rings (SSSR count). The van der Waals surface area contributed by atoms with E-state index in [1.54, 1.807) is 0 Å². The molecule has 1 fully saturated rings. The molecule has 1 aliphatic heterocycles. The van der Waals surface area contributed by atoms with Gasteiger partial charge in [-0.05, 0) is 17.9 Å². The van der Waals surface area contributed by atoms with Gasteiger partial charge in [0, 0.05) is 13.0 Å². The molecule has 0 radical (unpaired) electrons. The Labute approximate surface area is 84.2 Å². The Morgan fingerprint density at radius 2 is 2.08 bits per heavy atom. The number of hydrogen-bond acceptors (Lipinski definition) is 1. The number of thiocarbonyl (C=S) groups is 1. The molecule has 2 heteroatoms. The van der Waals surface area contributed by atoms with Crippen molar-refractivity contribution in [2.24, 2.45) is 5.92 Å². The third-order valence-electron chi connectivity index (χ3n) is 2.43. The van der Waals surface area contributed by atoms with Crippen molar-refractivity contribution in [2.75, 3.05) is 6.54 Å². The highest BCUT2D eigenvalue weighted by Crippen LogP contribution is 2.16. The molecule has 13 heavy (non-hydrogen) atoms. The van der Waals surface area contributed by atoms with E-state index in [9.17, 15) is 0 Å². The van der Waals surface area contributed by atoms with Crippen molar-refractivity contribution >= 4 is 17.2 Å². The van der Waals surface area contributed by atoms with Crippen LogP contribution in [0.3, 0.4) is 0 Å². The van der Waals surface area contributed by atoms with Crippen LogP contribution in [0.25, 0.3) is 0 Å². The Bertz CT molecular complexity index is 294. The van der Waals surface area contributed by atoms with Crippen LogP contribution in [0.2, 0.25) is 0 Å². The van der Waals surface area contributed by atoms with Gasteiger partial charge in [0.2, 0.25) is 0 Å². The van der Waals surface area contributed by atoms with Gasteiger partial charge in [-0.25, -0.2) is 0 Å². The summed E-state index contributed by atoms with van der Waals surface area (Å²) in [6, 6.07) is 10.6. The van der Waals surface area contributed by atoms with Crippen molar-refractivity contribution in [1.29, 1.82) is 0 Å². The van der Waals surface area contributed by atoms with Crippen LogP contribution in [0.5, 0.6) is 0 Å². The molecule has 0 spiro atoms. The van der Waals surface area contributed by atoms with Crippen molar-refractivity contribution in [2.45, 2.75) is 12.8 Å². The molecule has 68 valence electrons. The quantitative estimate of drug-likeness (QED) is 0.719. The molecule has 1 atom stereocenters. The van der Waals surface area contributed by atoms with Crippen molar-refractivity contribution in [3.8, 4) is 0 Å². The summed E-state index contributed by atoms with van der Waals surface area (Å²) in [7, 11) is 0. The van der Waals surface area contributed by atoms with Gasteiger partial charge in [0.1, 0.15) is 0 Å². The van der Waals surface area contributed by atoms with Crippen LogP contribution < -0.4 is 5.32 Å². The second-order valence-corrected chi connectivity index (χ2v) is 4.06. The molecule has 0 unspecified atom stereocenters. The van der Waals surface area contributed by atoms with Crippen LogP contribution in [0.4, 0.5) is 0 Å². The zero-order valence-corrected chi connectivity index (χ0v) is 8.31. The average molecular weight is 191 g/mol. The lowest BCUT2D eigenvalue weighted by atomic mass is 9.99. The molecule has 0 bridgehead atoms. The lowest BCUT2D eigenvalue weighted by molar-refractivity contribution is 0.585. The summed E-state index contributed by atoms with van der Waals surface area (Å²) in [5, 5.41) is 3.22. The lowest BCUT2D eigenvalue weighted by Crippen LogP contribution is -2.13. The van der Waals surface area contributed by atoms with E-state index >= 15 is 0 Å². The predicted octanol–water partition coefficient (Wildman–Crippen LogP) is 2.17. The van der Waals surface area contributed by atoms with Crippen molar-refractivity contribution in [1.82, 2.24) is 5.32 Å². The van der Waals surface area contributed by atoms with E-state index in [0.29, 0.717) is 5.92 Å². The van der Waals surface area contributed by atoms with Crippen molar-refractivity contribution in [3.05, 3.63) is 35.9 Å². The molecule has 0 saturated carbocycles. The minimum Gasteiger partial charge on any atom is -0.379 e. The van der Waals surface area contributed by atoms with Gasteiger partial charge >= 0.3 is 0 Å². The summed E-state index contributed by atoms with van der Waals surface area (Å²) in [4.78, 5) is 1.03. The minimum atomic E-state index is 0.704. The van der Waals surface area contributed by atoms with Gasteiger partial charge in [-0.1, -0.05) is 42.5 Å². The van der Waals surface area contributed by atoms with E-state index in [4.69, 9.17) is 12.2 Å². The molecule has 1 N–H and O–H groups in total. The van der Waals surface area contributed by atoms with E-state index in [-0.39, 0.29) is 0 Å². The Balaban J connectivity index is 1.96. The molecular formula is C11H13NS. The SMILES string of the molecule is S=C1C[C@H](Cc2ccccc2)CN1. The molecule has 1 nitrogen and oxygen atoms in total. The minimum absolute atomic E-state index is 0.704. The number of rotatable bonds is 2. The second kappa shape index (κ2) is 3.88. The third-order valence-corrected chi connectivity index (χ3v) is 2.74. The first-order valence-corrected chi connectivity index (χ1v) is 5.06. The maximum atomic E-state index is 5.10. The average Bonchev–Trinajstić information content (AvgIpc) is 2.53. The van der Waals surface area contributed by atoms with E-state index < -0.39 is 0 Å². The molecule has 1 aliphatic rings. The summed E-state index contributed by atoms with van der Waals surface area (Å²) in [5.41, 5.74) is 1.42. The summed E-state index contributed by atoms with van der Waals surface area (Å²) in [6.07, 6.45) is 2.21.